The SMILES string of the molecule is O=C(Nc1cc(Br)ccc1F)c1ccc(Cl)cc1. The van der Waals surface area contributed by atoms with Gasteiger partial charge in [-0.2, -0.15) is 0 Å². The van der Waals surface area contributed by atoms with Gasteiger partial charge >= 0.3 is 0 Å². The number of hydrogen-bond acceptors (Lipinski definition) is 1. The van der Waals surface area contributed by atoms with Crippen LogP contribution < -0.4 is 5.32 Å². The van der Waals surface area contributed by atoms with E-state index < -0.39 is 5.82 Å². The highest BCUT2D eigenvalue weighted by atomic mass is 79.9. The number of anilines is 1. The summed E-state index contributed by atoms with van der Waals surface area (Å²) in [7, 11) is 0. The molecule has 0 aliphatic heterocycles. The number of nitrogens with one attached hydrogen (secondary N) is 1. The Morgan fingerprint density at radius 3 is 2.50 bits per heavy atom. The van der Waals surface area contributed by atoms with E-state index in [1.54, 1.807) is 30.3 Å². The highest BCUT2D eigenvalue weighted by molar-refractivity contribution is 9.10. The van der Waals surface area contributed by atoms with E-state index >= 15 is 0 Å². The molecule has 1 amide bonds. The molecule has 0 heterocycles. The van der Waals surface area contributed by atoms with Crippen LogP contribution in [0, 0.1) is 5.82 Å². The summed E-state index contributed by atoms with van der Waals surface area (Å²) in [5.74, 6) is -0.871. The molecule has 18 heavy (non-hydrogen) atoms. The van der Waals surface area contributed by atoms with Crippen molar-refractivity contribution in [3.05, 3.63) is 63.3 Å². The molecule has 5 heteroatoms. The zero-order chi connectivity index (χ0) is 13.1. The fourth-order valence-corrected chi connectivity index (χ4v) is 1.88. The van der Waals surface area contributed by atoms with E-state index in [9.17, 15) is 9.18 Å². The fourth-order valence-electron chi connectivity index (χ4n) is 1.39. The van der Waals surface area contributed by atoms with Crippen molar-refractivity contribution in [2.24, 2.45) is 0 Å². The molecule has 0 spiro atoms. The molecule has 0 radical (unpaired) electrons. The highest BCUT2D eigenvalue weighted by Gasteiger charge is 2.09. The van der Waals surface area contributed by atoms with Gasteiger partial charge in [-0.05, 0) is 42.5 Å². The Labute approximate surface area is 117 Å². The molecule has 1 N–H and O–H groups in total. The minimum absolute atomic E-state index is 0.129. The molecular formula is C13H8BrClFNO. The lowest BCUT2D eigenvalue weighted by Gasteiger charge is -2.07. The van der Waals surface area contributed by atoms with Crippen LogP contribution in [0.5, 0.6) is 0 Å². The first-order valence-corrected chi connectivity index (χ1v) is 6.25. The second-order valence-electron chi connectivity index (χ2n) is 3.59. The van der Waals surface area contributed by atoms with E-state index in [0.717, 1.165) is 0 Å². The maximum absolute atomic E-state index is 13.5. The lowest BCUT2D eigenvalue weighted by atomic mass is 10.2. The Morgan fingerprint density at radius 1 is 1.17 bits per heavy atom. The molecule has 0 unspecified atom stereocenters. The van der Waals surface area contributed by atoms with Crippen molar-refractivity contribution in [1.82, 2.24) is 0 Å². The van der Waals surface area contributed by atoms with Crippen molar-refractivity contribution in [3.8, 4) is 0 Å². The van der Waals surface area contributed by atoms with E-state index in [1.165, 1.54) is 12.1 Å². The third kappa shape index (κ3) is 3.09. The van der Waals surface area contributed by atoms with E-state index in [2.05, 4.69) is 21.2 Å². The van der Waals surface area contributed by atoms with Crippen molar-refractivity contribution >= 4 is 39.1 Å². The van der Waals surface area contributed by atoms with E-state index in [1.807, 2.05) is 0 Å². The molecule has 0 fully saturated rings. The van der Waals surface area contributed by atoms with Crippen LogP contribution in [0.25, 0.3) is 0 Å². The molecule has 2 rings (SSSR count). The van der Waals surface area contributed by atoms with E-state index in [-0.39, 0.29) is 11.6 Å². The Morgan fingerprint density at radius 2 is 1.83 bits per heavy atom. The number of carbonyl (C=O) groups is 1. The van der Waals surface area contributed by atoms with Crippen molar-refractivity contribution in [2.45, 2.75) is 0 Å². The van der Waals surface area contributed by atoms with Crippen molar-refractivity contribution < 1.29 is 9.18 Å². The van der Waals surface area contributed by atoms with Gasteiger partial charge in [-0.3, -0.25) is 4.79 Å². The Bertz CT molecular complexity index is 586. The molecule has 0 atom stereocenters. The van der Waals surface area contributed by atoms with E-state index in [0.29, 0.717) is 15.1 Å². The predicted octanol–water partition coefficient (Wildman–Crippen LogP) is 4.49. The Balaban J connectivity index is 2.21. The van der Waals surface area contributed by atoms with Crippen molar-refractivity contribution in [2.75, 3.05) is 5.32 Å². The number of rotatable bonds is 2. The molecule has 0 aromatic heterocycles. The van der Waals surface area contributed by atoms with Crippen LogP contribution in [0.2, 0.25) is 5.02 Å². The van der Waals surface area contributed by atoms with Crippen molar-refractivity contribution in [1.29, 1.82) is 0 Å². The second kappa shape index (κ2) is 5.50. The van der Waals surface area contributed by atoms with Crippen LogP contribution in [-0.2, 0) is 0 Å². The standard InChI is InChI=1S/C13H8BrClFNO/c14-9-3-6-11(16)12(7-9)17-13(18)8-1-4-10(15)5-2-8/h1-7H,(H,17,18). The van der Waals surface area contributed by atoms with Crippen molar-refractivity contribution in [3.63, 3.8) is 0 Å². The highest BCUT2D eigenvalue weighted by Crippen LogP contribution is 2.21. The van der Waals surface area contributed by atoms with Crippen LogP contribution in [0.4, 0.5) is 10.1 Å². The minimum atomic E-state index is -0.486. The number of amides is 1. The van der Waals surface area contributed by atoms with Gasteiger partial charge in [0.25, 0.3) is 5.91 Å². The number of halogens is 3. The molecule has 0 saturated carbocycles. The Kier molecular flexibility index (Phi) is 3.99. The molecule has 92 valence electrons. The van der Waals surface area contributed by atoms with Crippen LogP contribution in [-0.4, -0.2) is 5.91 Å². The maximum Gasteiger partial charge on any atom is 0.255 e. The summed E-state index contributed by atoms with van der Waals surface area (Å²) < 4.78 is 14.1. The second-order valence-corrected chi connectivity index (χ2v) is 4.94. The average Bonchev–Trinajstić information content (AvgIpc) is 2.34. The van der Waals surface area contributed by atoms with Crippen LogP contribution in [0.15, 0.2) is 46.9 Å². The molecule has 2 aromatic rings. The van der Waals surface area contributed by atoms with Crippen LogP contribution >= 0.6 is 27.5 Å². The summed E-state index contributed by atoms with van der Waals surface area (Å²) in [4.78, 5) is 11.9. The van der Waals surface area contributed by atoms with Gasteiger partial charge in [-0.25, -0.2) is 4.39 Å². The van der Waals surface area contributed by atoms with Gasteiger partial charge in [0.05, 0.1) is 5.69 Å². The third-order valence-electron chi connectivity index (χ3n) is 2.28. The van der Waals surface area contributed by atoms with Crippen LogP contribution in [0.1, 0.15) is 10.4 Å². The number of benzene rings is 2. The quantitative estimate of drug-likeness (QED) is 0.864. The molecule has 2 nitrogen and oxygen atoms in total. The molecule has 0 aliphatic carbocycles. The first-order valence-electron chi connectivity index (χ1n) is 5.08. The fraction of sp³-hybridized carbons (Fsp3) is 0. The van der Waals surface area contributed by atoms with Gasteiger partial charge in [0.1, 0.15) is 5.82 Å². The predicted molar refractivity (Wildman–Crippen MR) is 73.5 cm³/mol. The maximum atomic E-state index is 13.5. The lowest BCUT2D eigenvalue weighted by Crippen LogP contribution is -2.12. The molecular weight excluding hydrogens is 321 g/mol. The zero-order valence-corrected chi connectivity index (χ0v) is 11.4. The van der Waals surface area contributed by atoms with Gasteiger partial charge in [-0.1, -0.05) is 27.5 Å². The summed E-state index contributed by atoms with van der Waals surface area (Å²) in [6.07, 6.45) is 0. The number of hydrogen-bond donors (Lipinski definition) is 1. The summed E-state index contributed by atoms with van der Waals surface area (Å²) in [5, 5.41) is 3.04. The van der Waals surface area contributed by atoms with Gasteiger partial charge in [0.15, 0.2) is 0 Å². The van der Waals surface area contributed by atoms with Crippen LogP contribution in [0.3, 0.4) is 0 Å². The minimum Gasteiger partial charge on any atom is -0.319 e. The molecule has 2 aromatic carbocycles. The topological polar surface area (TPSA) is 29.1 Å². The third-order valence-corrected chi connectivity index (χ3v) is 3.03. The Hall–Kier alpha value is -1.39. The van der Waals surface area contributed by atoms with Gasteiger partial charge in [-0.15, -0.1) is 0 Å². The summed E-state index contributed by atoms with van der Waals surface area (Å²) in [6.45, 7) is 0. The first-order chi connectivity index (χ1) is 8.56. The van der Waals surface area contributed by atoms with Gasteiger partial charge in [0, 0.05) is 15.1 Å². The molecule has 0 bridgehead atoms. The van der Waals surface area contributed by atoms with Gasteiger partial charge in [0.2, 0.25) is 0 Å². The summed E-state index contributed by atoms with van der Waals surface area (Å²) >= 11 is 8.94. The molecule has 0 saturated heterocycles. The largest absolute Gasteiger partial charge is 0.319 e. The van der Waals surface area contributed by atoms with E-state index in [4.69, 9.17) is 11.6 Å². The zero-order valence-electron chi connectivity index (χ0n) is 9.08. The smallest absolute Gasteiger partial charge is 0.255 e. The summed E-state index contributed by atoms with van der Waals surface area (Å²) in [5.41, 5.74) is 0.545. The van der Waals surface area contributed by atoms with Gasteiger partial charge < -0.3 is 5.32 Å². The first kappa shape index (κ1) is 13.1. The molecule has 0 aliphatic rings. The normalized spacial score (nSPS) is 10.2. The lowest BCUT2D eigenvalue weighted by molar-refractivity contribution is 0.102. The monoisotopic (exact) mass is 327 g/mol. The number of carbonyl (C=O) groups excluding carboxylic acids is 1. The summed E-state index contributed by atoms with van der Waals surface area (Å²) in [6, 6.07) is 10.7. The average molecular weight is 329 g/mol.